The third-order valence-corrected chi connectivity index (χ3v) is 4.78. The van der Waals surface area contributed by atoms with Crippen LogP contribution in [0, 0.1) is 13.8 Å². The van der Waals surface area contributed by atoms with Crippen molar-refractivity contribution in [2.75, 3.05) is 20.3 Å². The van der Waals surface area contributed by atoms with E-state index in [1.807, 2.05) is 0 Å². The summed E-state index contributed by atoms with van der Waals surface area (Å²) in [7, 11) is 1.71. The minimum absolute atomic E-state index is 0.316. The Morgan fingerprint density at radius 3 is 2.58 bits per heavy atom. The average Bonchev–Trinajstić information content (AvgIpc) is 2.93. The Labute approximate surface area is 144 Å². The fraction of sp³-hybridized carbons (Fsp3) is 0.429. The molecule has 3 rings (SSSR count). The molecule has 0 heterocycles. The Balaban J connectivity index is 1.90. The Morgan fingerprint density at radius 1 is 1.12 bits per heavy atom. The number of hydrogen-bond donors (Lipinski definition) is 1. The van der Waals surface area contributed by atoms with Gasteiger partial charge in [0.05, 0.1) is 12.7 Å². The summed E-state index contributed by atoms with van der Waals surface area (Å²) < 4.78 is 10.9. The van der Waals surface area contributed by atoms with Crippen LogP contribution in [0.15, 0.2) is 30.3 Å². The van der Waals surface area contributed by atoms with Gasteiger partial charge >= 0.3 is 0 Å². The van der Waals surface area contributed by atoms with E-state index < -0.39 is 0 Å². The van der Waals surface area contributed by atoms with E-state index in [9.17, 15) is 5.11 Å². The van der Waals surface area contributed by atoms with Crippen molar-refractivity contribution >= 4 is 0 Å². The third kappa shape index (κ3) is 3.33. The largest absolute Gasteiger partial charge is 0.493 e. The zero-order valence-corrected chi connectivity index (χ0v) is 14.8. The van der Waals surface area contributed by atoms with Gasteiger partial charge in [0.25, 0.3) is 0 Å². The lowest BCUT2D eigenvalue weighted by molar-refractivity contribution is 0.172. The molecule has 0 aromatic heterocycles. The van der Waals surface area contributed by atoms with E-state index in [0.717, 1.165) is 30.6 Å². The Hall–Kier alpha value is -1.84. The lowest BCUT2D eigenvalue weighted by atomic mass is 9.90. The molecule has 128 valence electrons. The van der Waals surface area contributed by atoms with Crippen molar-refractivity contribution in [3.63, 3.8) is 0 Å². The van der Waals surface area contributed by atoms with Gasteiger partial charge in [0, 0.05) is 20.1 Å². The molecule has 0 fully saturated rings. The number of benzene rings is 2. The van der Waals surface area contributed by atoms with E-state index in [-0.39, 0.29) is 6.10 Å². The van der Waals surface area contributed by atoms with Crippen LogP contribution in [0.2, 0.25) is 0 Å². The van der Waals surface area contributed by atoms with Crippen LogP contribution < -0.4 is 4.74 Å². The van der Waals surface area contributed by atoms with Crippen LogP contribution in [0.4, 0.5) is 0 Å². The summed E-state index contributed by atoms with van der Waals surface area (Å²) in [4.78, 5) is 0. The topological polar surface area (TPSA) is 38.7 Å². The maximum Gasteiger partial charge on any atom is 0.119 e. The minimum Gasteiger partial charge on any atom is -0.493 e. The summed E-state index contributed by atoms with van der Waals surface area (Å²) in [6, 6.07) is 10.5. The van der Waals surface area contributed by atoms with Crippen LogP contribution in [0.1, 0.15) is 41.2 Å². The highest BCUT2D eigenvalue weighted by Crippen LogP contribution is 2.40. The lowest BCUT2D eigenvalue weighted by Gasteiger charge is -2.17. The van der Waals surface area contributed by atoms with Gasteiger partial charge in [-0.1, -0.05) is 18.2 Å². The summed E-state index contributed by atoms with van der Waals surface area (Å²) in [5.41, 5.74) is 7.34. The van der Waals surface area contributed by atoms with Crippen molar-refractivity contribution in [2.45, 2.75) is 39.2 Å². The number of aryl methyl sites for hydroxylation is 2. The molecule has 0 bridgehead atoms. The molecule has 1 unspecified atom stereocenters. The number of fused-ring (bicyclic) bond motifs is 1. The van der Waals surface area contributed by atoms with Crippen molar-refractivity contribution in [3.8, 4) is 16.9 Å². The number of methoxy groups -OCH3 is 1. The van der Waals surface area contributed by atoms with Gasteiger partial charge in [-0.25, -0.2) is 0 Å². The van der Waals surface area contributed by atoms with Crippen LogP contribution in [0.3, 0.4) is 0 Å². The lowest BCUT2D eigenvalue weighted by Crippen LogP contribution is -2.02. The van der Waals surface area contributed by atoms with E-state index in [1.54, 1.807) is 7.11 Å². The van der Waals surface area contributed by atoms with Crippen molar-refractivity contribution < 1.29 is 14.6 Å². The van der Waals surface area contributed by atoms with E-state index in [2.05, 4.69) is 44.2 Å². The van der Waals surface area contributed by atoms with Gasteiger partial charge in [-0.3, -0.25) is 0 Å². The zero-order chi connectivity index (χ0) is 17.1. The smallest absolute Gasteiger partial charge is 0.119 e. The fourth-order valence-corrected chi connectivity index (χ4v) is 3.69. The third-order valence-electron chi connectivity index (χ3n) is 4.78. The number of ether oxygens (including phenoxy) is 2. The summed E-state index contributed by atoms with van der Waals surface area (Å²) in [5.74, 6) is 0.914. The first-order valence-electron chi connectivity index (χ1n) is 8.65. The van der Waals surface area contributed by atoms with Crippen molar-refractivity contribution in [1.82, 2.24) is 0 Å². The highest BCUT2D eigenvalue weighted by Gasteiger charge is 2.24. The van der Waals surface area contributed by atoms with Crippen LogP contribution in [0.5, 0.6) is 5.75 Å². The van der Waals surface area contributed by atoms with Crippen molar-refractivity contribution in [1.29, 1.82) is 0 Å². The standard InChI is InChI=1S/C21H26O3/c1-14-12-16(24-11-5-10-23-3)13-15(2)21(14)19-7-4-6-18-17(19)8-9-20(18)22/h4,6-7,12-13,20,22H,5,8-11H2,1-3H3. The van der Waals surface area contributed by atoms with E-state index in [0.29, 0.717) is 13.2 Å². The highest BCUT2D eigenvalue weighted by atomic mass is 16.5. The number of aliphatic hydroxyl groups excluding tert-OH is 1. The number of rotatable bonds is 6. The first-order chi connectivity index (χ1) is 11.6. The van der Waals surface area contributed by atoms with E-state index in [4.69, 9.17) is 9.47 Å². The predicted molar refractivity (Wildman–Crippen MR) is 96.6 cm³/mol. The molecule has 0 amide bonds. The molecule has 3 nitrogen and oxygen atoms in total. The molecule has 3 heteroatoms. The highest BCUT2D eigenvalue weighted by molar-refractivity contribution is 5.76. The Kier molecular flexibility index (Phi) is 5.22. The quantitative estimate of drug-likeness (QED) is 0.801. The molecule has 2 aromatic rings. The second-order valence-electron chi connectivity index (χ2n) is 6.55. The number of hydrogen-bond acceptors (Lipinski definition) is 3. The molecular weight excluding hydrogens is 300 g/mol. The Morgan fingerprint density at radius 2 is 1.88 bits per heavy atom. The molecule has 1 atom stereocenters. The maximum absolute atomic E-state index is 10.1. The monoisotopic (exact) mass is 326 g/mol. The van der Waals surface area contributed by atoms with Gasteiger partial charge in [0.2, 0.25) is 0 Å². The van der Waals surface area contributed by atoms with E-state index >= 15 is 0 Å². The molecule has 24 heavy (non-hydrogen) atoms. The molecule has 1 N–H and O–H groups in total. The molecule has 0 saturated carbocycles. The van der Waals surface area contributed by atoms with Crippen LogP contribution in [-0.2, 0) is 11.2 Å². The molecule has 0 radical (unpaired) electrons. The van der Waals surface area contributed by atoms with Crippen LogP contribution in [-0.4, -0.2) is 25.4 Å². The minimum atomic E-state index is -0.316. The van der Waals surface area contributed by atoms with Gasteiger partial charge < -0.3 is 14.6 Å². The van der Waals surface area contributed by atoms with Gasteiger partial charge in [-0.05, 0) is 72.2 Å². The fourth-order valence-electron chi connectivity index (χ4n) is 3.69. The number of aliphatic hydroxyl groups is 1. The van der Waals surface area contributed by atoms with Crippen molar-refractivity contribution in [3.05, 3.63) is 52.6 Å². The SMILES string of the molecule is COCCCOc1cc(C)c(-c2cccc3c2CCC3O)c(C)c1. The first kappa shape index (κ1) is 17.0. The van der Waals surface area contributed by atoms with Gasteiger partial charge in [-0.15, -0.1) is 0 Å². The first-order valence-corrected chi connectivity index (χ1v) is 8.65. The van der Waals surface area contributed by atoms with E-state index in [1.165, 1.54) is 27.8 Å². The maximum atomic E-state index is 10.1. The van der Waals surface area contributed by atoms with Gasteiger partial charge in [-0.2, -0.15) is 0 Å². The van der Waals surface area contributed by atoms with Gasteiger partial charge in [0.15, 0.2) is 0 Å². The molecule has 2 aromatic carbocycles. The second-order valence-corrected chi connectivity index (χ2v) is 6.55. The predicted octanol–water partition coefficient (Wildman–Crippen LogP) is 4.37. The Bertz CT molecular complexity index is 698. The summed E-state index contributed by atoms with van der Waals surface area (Å²) in [6.45, 7) is 5.65. The summed E-state index contributed by atoms with van der Waals surface area (Å²) in [6.07, 6.45) is 2.34. The molecule has 0 spiro atoms. The second kappa shape index (κ2) is 7.37. The van der Waals surface area contributed by atoms with Crippen LogP contribution >= 0.6 is 0 Å². The normalized spacial score (nSPS) is 16.2. The zero-order valence-electron chi connectivity index (χ0n) is 14.8. The average molecular weight is 326 g/mol. The molecule has 0 saturated heterocycles. The molecule has 1 aliphatic rings. The molecule has 1 aliphatic carbocycles. The van der Waals surface area contributed by atoms with Gasteiger partial charge in [0.1, 0.15) is 5.75 Å². The summed E-state index contributed by atoms with van der Waals surface area (Å²) in [5, 5.41) is 10.1. The summed E-state index contributed by atoms with van der Waals surface area (Å²) >= 11 is 0. The van der Waals surface area contributed by atoms with Crippen LogP contribution in [0.25, 0.3) is 11.1 Å². The molecule has 0 aliphatic heterocycles. The van der Waals surface area contributed by atoms with Crippen molar-refractivity contribution in [2.24, 2.45) is 0 Å². The molecular formula is C21H26O3.